The highest BCUT2D eigenvalue weighted by atomic mass is 16.2. The van der Waals surface area contributed by atoms with Crippen molar-refractivity contribution in [2.75, 3.05) is 13.1 Å². The monoisotopic (exact) mass is 196 g/mol. The van der Waals surface area contributed by atoms with Crippen molar-refractivity contribution in [3.63, 3.8) is 0 Å². The molecule has 14 heavy (non-hydrogen) atoms. The summed E-state index contributed by atoms with van der Waals surface area (Å²) in [5, 5.41) is 2.88. The van der Waals surface area contributed by atoms with Gasteiger partial charge < -0.3 is 10.2 Å². The van der Waals surface area contributed by atoms with E-state index in [1.54, 1.807) is 4.90 Å². The van der Waals surface area contributed by atoms with Crippen molar-refractivity contribution in [2.24, 2.45) is 0 Å². The van der Waals surface area contributed by atoms with Crippen molar-refractivity contribution in [1.82, 2.24) is 10.2 Å². The van der Waals surface area contributed by atoms with Gasteiger partial charge in [-0.3, -0.25) is 0 Å². The van der Waals surface area contributed by atoms with E-state index in [0.717, 1.165) is 6.42 Å². The van der Waals surface area contributed by atoms with Crippen molar-refractivity contribution in [3.05, 3.63) is 0 Å². The standard InChI is InChI=1S/C11H20N2O/c1-6-8-13(9-7-2)10(14)12-11(3,4)5/h1H,7-9H2,2-5H3,(H,12,14). The smallest absolute Gasteiger partial charge is 0.318 e. The molecule has 0 aliphatic heterocycles. The van der Waals surface area contributed by atoms with Gasteiger partial charge in [0.2, 0.25) is 0 Å². The lowest BCUT2D eigenvalue weighted by atomic mass is 10.1. The minimum Gasteiger partial charge on any atom is -0.333 e. The summed E-state index contributed by atoms with van der Waals surface area (Å²) in [7, 11) is 0. The molecule has 0 saturated heterocycles. The molecule has 0 aliphatic rings. The minimum absolute atomic E-state index is 0.0858. The summed E-state index contributed by atoms with van der Waals surface area (Å²) in [6, 6.07) is -0.0858. The van der Waals surface area contributed by atoms with Crippen molar-refractivity contribution >= 4 is 6.03 Å². The molecule has 0 heterocycles. The molecule has 0 bridgehead atoms. The molecule has 0 fully saturated rings. The molecule has 0 spiro atoms. The maximum atomic E-state index is 11.7. The van der Waals surface area contributed by atoms with Gasteiger partial charge in [0.15, 0.2) is 0 Å². The zero-order valence-electron chi connectivity index (χ0n) is 9.55. The summed E-state index contributed by atoms with van der Waals surface area (Å²) >= 11 is 0. The lowest BCUT2D eigenvalue weighted by Crippen LogP contribution is -2.48. The number of hydrogen-bond acceptors (Lipinski definition) is 1. The predicted octanol–water partition coefficient (Wildman–Crippen LogP) is 1.84. The molecule has 0 saturated carbocycles. The SMILES string of the molecule is C#CCN(CCC)C(=O)NC(C)(C)C. The Morgan fingerprint density at radius 1 is 1.50 bits per heavy atom. The average Bonchev–Trinajstić information content (AvgIpc) is 2.01. The topological polar surface area (TPSA) is 32.3 Å². The Hall–Kier alpha value is -1.17. The van der Waals surface area contributed by atoms with Crippen LogP contribution in [0.2, 0.25) is 0 Å². The first-order valence-electron chi connectivity index (χ1n) is 4.91. The molecular weight excluding hydrogens is 176 g/mol. The van der Waals surface area contributed by atoms with Gasteiger partial charge in [0.1, 0.15) is 0 Å². The van der Waals surface area contributed by atoms with Crippen LogP contribution in [0.5, 0.6) is 0 Å². The minimum atomic E-state index is -0.211. The molecular formula is C11H20N2O. The van der Waals surface area contributed by atoms with Gasteiger partial charge in [-0.25, -0.2) is 4.79 Å². The van der Waals surface area contributed by atoms with E-state index >= 15 is 0 Å². The number of urea groups is 1. The molecule has 0 atom stereocenters. The Balaban J connectivity index is 4.23. The fraction of sp³-hybridized carbons (Fsp3) is 0.727. The van der Waals surface area contributed by atoms with Crippen LogP contribution in [0.4, 0.5) is 4.79 Å². The molecule has 0 rings (SSSR count). The first-order valence-corrected chi connectivity index (χ1v) is 4.91. The zero-order chi connectivity index (χ0) is 11.2. The van der Waals surface area contributed by atoms with Crippen LogP contribution in [-0.4, -0.2) is 29.6 Å². The normalized spacial score (nSPS) is 10.5. The molecule has 0 radical (unpaired) electrons. The molecule has 0 aromatic rings. The van der Waals surface area contributed by atoms with Gasteiger partial charge in [0.05, 0.1) is 6.54 Å². The van der Waals surface area contributed by atoms with Crippen molar-refractivity contribution < 1.29 is 4.79 Å². The van der Waals surface area contributed by atoms with Crippen molar-refractivity contribution in [2.45, 2.75) is 39.7 Å². The number of terminal acetylenes is 1. The predicted molar refractivity (Wildman–Crippen MR) is 59.0 cm³/mol. The molecule has 2 amide bonds. The Bertz CT molecular complexity index is 222. The van der Waals surface area contributed by atoms with Gasteiger partial charge in [0.25, 0.3) is 0 Å². The fourth-order valence-electron chi connectivity index (χ4n) is 1.03. The van der Waals surface area contributed by atoms with Gasteiger partial charge in [-0.1, -0.05) is 12.8 Å². The Labute approximate surface area is 86.9 Å². The third-order valence-electron chi connectivity index (χ3n) is 1.54. The van der Waals surface area contributed by atoms with Crippen LogP contribution in [0.25, 0.3) is 0 Å². The Morgan fingerprint density at radius 2 is 2.07 bits per heavy atom. The van der Waals surface area contributed by atoms with Gasteiger partial charge in [-0.15, -0.1) is 6.42 Å². The molecule has 3 nitrogen and oxygen atoms in total. The first kappa shape index (κ1) is 12.8. The summed E-state index contributed by atoms with van der Waals surface area (Å²) in [5.41, 5.74) is -0.211. The van der Waals surface area contributed by atoms with Crippen LogP contribution in [0.1, 0.15) is 34.1 Å². The van der Waals surface area contributed by atoms with E-state index in [2.05, 4.69) is 11.2 Å². The highest BCUT2D eigenvalue weighted by Gasteiger charge is 2.17. The average molecular weight is 196 g/mol. The van der Waals surface area contributed by atoms with E-state index in [-0.39, 0.29) is 11.6 Å². The van der Waals surface area contributed by atoms with Crippen molar-refractivity contribution in [1.29, 1.82) is 0 Å². The van der Waals surface area contributed by atoms with Gasteiger partial charge in [0, 0.05) is 12.1 Å². The van der Waals surface area contributed by atoms with Crippen LogP contribution in [0, 0.1) is 12.3 Å². The number of nitrogens with one attached hydrogen (secondary N) is 1. The van der Waals surface area contributed by atoms with Gasteiger partial charge in [-0.2, -0.15) is 0 Å². The molecule has 3 heteroatoms. The first-order chi connectivity index (χ1) is 6.40. The number of rotatable bonds is 3. The summed E-state index contributed by atoms with van der Waals surface area (Å²) in [5.74, 6) is 2.48. The van der Waals surface area contributed by atoms with E-state index < -0.39 is 0 Å². The van der Waals surface area contributed by atoms with E-state index in [4.69, 9.17) is 6.42 Å². The molecule has 80 valence electrons. The number of amides is 2. The maximum absolute atomic E-state index is 11.7. The Kier molecular flexibility index (Phi) is 5.07. The molecule has 0 aliphatic carbocycles. The highest BCUT2D eigenvalue weighted by molar-refractivity contribution is 5.75. The van der Waals surface area contributed by atoms with Crippen LogP contribution >= 0.6 is 0 Å². The fourth-order valence-corrected chi connectivity index (χ4v) is 1.03. The van der Waals surface area contributed by atoms with E-state index in [9.17, 15) is 4.79 Å². The molecule has 0 aromatic heterocycles. The Morgan fingerprint density at radius 3 is 2.43 bits per heavy atom. The summed E-state index contributed by atoms with van der Waals surface area (Å²) in [4.78, 5) is 13.3. The highest BCUT2D eigenvalue weighted by Crippen LogP contribution is 2.01. The lowest BCUT2D eigenvalue weighted by Gasteiger charge is -2.26. The van der Waals surface area contributed by atoms with Crippen LogP contribution in [0.3, 0.4) is 0 Å². The van der Waals surface area contributed by atoms with Crippen LogP contribution < -0.4 is 5.32 Å². The third-order valence-corrected chi connectivity index (χ3v) is 1.54. The van der Waals surface area contributed by atoms with Crippen LogP contribution in [0.15, 0.2) is 0 Å². The quantitative estimate of drug-likeness (QED) is 0.686. The molecule has 0 unspecified atom stereocenters. The maximum Gasteiger partial charge on any atom is 0.318 e. The number of carbonyl (C=O) groups excluding carboxylic acids is 1. The van der Waals surface area contributed by atoms with E-state index in [0.29, 0.717) is 13.1 Å². The van der Waals surface area contributed by atoms with Gasteiger partial charge in [-0.05, 0) is 27.2 Å². The lowest BCUT2D eigenvalue weighted by molar-refractivity contribution is 0.195. The summed E-state index contributed by atoms with van der Waals surface area (Å²) < 4.78 is 0. The van der Waals surface area contributed by atoms with Crippen LogP contribution in [-0.2, 0) is 0 Å². The largest absolute Gasteiger partial charge is 0.333 e. The summed E-state index contributed by atoms with van der Waals surface area (Å²) in [6.45, 7) is 8.94. The van der Waals surface area contributed by atoms with Crippen molar-refractivity contribution in [3.8, 4) is 12.3 Å². The number of nitrogens with zero attached hydrogens (tertiary/aromatic N) is 1. The second-order valence-electron chi connectivity index (χ2n) is 4.31. The number of hydrogen-bond donors (Lipinski definition) is 1. The zero-order valence-corrected chi connectivity index (χ0v) is 9.55. The third kappa shape index (κ3) is 5.47. The second-order valence-corrected chi connectivity index (χ2v) is 4.31. The summed E-state index contributed by atoms with van der Waals surface area (Å²) in [6.07, 6.45) is 6.11. The van der Waals surface area contributed by atoms with Gasteiger partial charge >= 0.3 is 6.03 Å². The van der Waals surface area contributed by atoms with E-state index in [1.807, 2.05) is 27.7 Å². The molecule has 1 N–H and O–H groups in total. The van der Waals surface area contributed by atoms with E-state index in [1.165, 1.54) is 0 Å². The molecule has 0 aromatic carbocycles. The second kappa shape index (κ2) is 5.54. The number of carbonyl (C=O) groups is 1.